The van der Waals surface area contributed by atoms with Crippen molar-refractivity contribution >= 4 is 46.5 Å². The third-order valence-corrected chi connectivity index (χ3v) is 4.14. The maximum Gasteiger partial charge on any atom is 0.348 e. The number of hydrogen-bond acceptors (Lipinski definition) is 5. The van der Waals surface area contributed by atoms with Gasteiger partial charge in [-0.15, -0.1) is 22.7 Å². The Bertz CT molecular complexity index is 556. The highest BCUT2D eigenvalue weighted by molar-refractivity contribution is 7.15. The normalized spacial score (nSPS) is 10.9. The molecule has 0 fully saturated rings. The van der Waals surface area contributed by atoms with Crippen LogP contribution in [0.3, 0.4) is 0 Å². The van der Waals surface area contributed by atoms with E-state index in [9.17, 15) is 4.79 Å². The number of nitrogen functional groups attached to an aromatic ring is 1. The molecule has 0 atom stereocenters. The van der Waals surface area contributed by atoms with Crippen LogP contribution in [-0.4, -0.2) is 12.6 Å². The third kappa shape index (κ3) is 3.00. The molecular formula is C13H13NO2S2. The van der Waals surface area contributed by atoms with Gasteiger partial charge in [-0.05, 0) is 36.6 Å². The smallest absolute Gasteiger partial charge is 0.348 e. The van der Waals surface area contributed by atoms with E-state index in [2.05, 4.69) is 0 Å². The first-order valence-electron chi connectivity index (χ1n) is 5.48. The number of hydrogen-bond donors (Lipinski definition) is 1. The van der Waals surface area contributed by atoms with E-state index in [4.69, 9.17) is 10.5 Å². The molecule has 0 spiro atoms. The van der Waals surface area contributed by atoms with Gasteiger partial charge in [0.1, 0.15) is 4.88 Å². The second-order valence-electron chi connectivity index (χ2n) is 3.50. The van der Waals surface area contributed by atoms with Gasteiger partial charge >= 0.3 is 5.97 Å². The largest absolute Gasteiger partial charge is 0.462 e. The summed E-state index contributed by atoms with van der Waals surface area (Å²) in [7, 11) is 0. The molecule has 0 amide bonds. The van der Waals surface area contributed by atoms with Crippen molar-refractivity contribution in [3.05, 3.63) is 38.2 Å². The molecule has 0 radical (unpaired) electrons. The monoisotopic (exact) mass is 279 g/mol. The van der Waals surface area contributed by atoms with Gasteiger partial charge in [-0.3, -0.25) is 0 Å². The predicted molar refractivity (Wildman–Crippen MR) is 77.9 cm³/mol. The number of anilines is 1. The highest BCUT2D eigenvalue weighted by atomic mass is 32.1. The highest BCUT2D eigenvalue weighted by Gasteiger charge is 2.12. The molecule has 5 heteroatoms. The summed E-state index contributed by atoms with van der Waals surface area (Å²) in [6, 6.07) is 5.68. The molecular weight excluding hydrogens is 266 g/mol. The molecule has 18 heavy (non-hydrogen) atoms. The second-order valence-corrected chi connectivity index (χ2v) is 5.56. The van der Waals surface area contributed by atoms with Crippen LogP contribution in [0.4, 0.5) is 5.69 Å². The zero-order valence-corrected chi connectivity index (χ0v) is 11.5. The Labute approximate surface area is 114 Å². The van der Waals surface area contributed by atoms with E-state index >= 15 is 0 Å². The van der Waals surface area contributed by atoms with Crippen LogP contribution in [0, 0.1) is 0 Å². The lowest BCUT2D eigenvalue weighted by Gasteiger charge is -1.95. The summed E-state index contributed by atoms with van der Waals surface area (Å²) in [5.41, 5.74) is 6.48. The average molecular weight is 279 g/mol. The molecule has 0 aliphatic carbocycles. The first-order valence-corrected chi connectivity index (χ1v) is 7.18. The predicted octanol–water partition coefficient (Wildman–Crippen LogP) is 3.74. The molecule has 2 rings (SSSR count). The van der Waals surface area contributed by atoms with Crippen molar-refractivity contribution in [3.8, 4) is 0 Å². The van der Waals surface area contributed by atoms with Crippen LogP contribution in [0.15, 0.2) is 23.6 Å². The number of rotatable bonds is 4. The fourth-order valence-electron chi connectivity index (χ4n) is 1.40. The van der Waals surface area contributed by atoms with Gasteiger partial charge in [0, 0.05) is 4.88 Å². The van der Waals surface area contributed by atoms with Crippen molar-refractivity contribution in [3.63, 3.8) is 0 Å². The summed E-state index contributed by atoms with van der Waals surface area (Å²) in [6.45, 7) is 2.16. The minimum Gasteiger partial charge on any atom is -0.462 e. The number of carbonyl (C=O) groups excluding carboxylic acids is 1. The number of esters is 1. The van der Waals surface area contributed by atoms with Crippen LogP contribution >= 0.6 is 22.7 Å². The van der Waals surface area contributed by atoms with Gasteiger partial charge in [-0.2, -0.15) is 0 Å². The Morgan fingerprint density at radius 2 is 2.33 bits per heavy atom. The Hall–Kier alpha value is -1.59. The van der Waals surface area contributed by atoms with Crippen molar-refractivity contribution in [2.45, 2.75) is 6.92 Å². The van der Waals surface area contributed by atoms with E-state index in [1.807, 2.05) is 29.7 Å². The van der Waals surface area contributed by atoms with Crippen molar-refractivity contribution in [2.24, 2.45) is 0 Å². The quantitative estimate of drug-likeness (QED) is 0.867. The summed E-state index contributed by atoms with van der Waals surface area (Å²) >= 11 is 3.00. The Morgan fingerprint density at radius 3 is 3.00 bits per heavy atom. The molecule has 0 saturated carbocycles. The molecule has 2 heterocycles. The van der Waals surface area contributed by atoms with E-state index in [0.29, 0.717) is 17.2 Å². The SMILES string of the molecule is CCOC(=O)c1cc(N)c(/C=C/c2cccs2)s1. The highest BCUT2D eigenvalue weighted by Crippen LogP contribution is 2.27. The summed E-state index contributed by atoms with van der Waals surface area (Å²) < 4.78 is 4.94. The molecule has 0 unspecified atom stereocenters. The molecule has 3 nitrogen and oxygen atoms in total. The molecule has 94 valence electrons. The lowest BCUT2D eigenvalue weighted by molar-refractivity contribution is 0.0532. The van der Waals surface area contributed by atoms with E-state index in [1.54, 1.807) is 24.3 Å². The van der Waals surface area contributed by atoms with Gasteiger partial charge in [-0.25, -0.2) is 4.79 Å². The minimum atomic E-state index is -0.315. The maximum atomic E-state index is 11.6. The van der Waals surface area contributed by atoms with Crippen molar-refractivity contribution in [1.82, 2.24) is 0 Å². The number of carbonyl (C=O) groups is 1. The van der Waals surface area contributed by atoms with Gasteiger partial charge in [0.05, 0.1) is 17.2 Å². The van der Waals surface area contributed by atoms with Crippen LogP contribution in [-0.2, 0) is 4.74 Å². The van der Waals surface area contributed by atoms with E-state index in [-0.39, 0.29) is 5.97 Å². The van der Waals surface area contributed by atoms with Crippen molar-refractivity contribution in [2.75, 3.05) is 12.3 Å². The van der Waals surface area contributed by atoms with Crippen LogP contribution in [0.2, 0.25) is 0 Å². The molecule has 0 aromatic carbocycles. The van der Waals surface area contributed by atoms with E-state index < -0.39 is 0 Å². The summed E-state index contributed by atoms with van der Waals surface area (Å²) in [6.07, 6.45) is 3.91. The summed E-state index contributed by atoms with van der Waals surface area (Å²) in [4.78, 5) is 14.1. The molecule has 0 saturated heterocycles. The molecule has 2 N–H and O–H groups in total. The Morgan fingerprint density at radius 1 is 1.50 bits per heavy atom. The van der Waals surface area contributed by atoms with Gasteiger partial charge in [-0.1, -0.05) is 6.07 Å². The zero-order valence-electron chi connectivity index (χ0n) is 9.88. The van der Waals surface area contributed by atoms with E-state index in [0.717, 1.165) is 9.75 Å². The van der Waals surface area contributed by atoms with E-state index in [1.165, 1.54) is 11.3 Å². The lowest BCUT2D eigenvalue weighted by Crippen LogP contribution is -2.01. The first kappa shape index (κ1) is 12.9. The molecule has 2 aromatic rings. The zero-order chi connectivity index (χ0) is 13.0. The molecule has 0 bridgehead atoms. The van der Waals surface area contributed by atoms with Crippen molar-refractivity contribution < 1.29 is 9.53 Å². The van der Waals surface area contributed by atoms with Gasteiger partial charge < -0.3 is 10.5 Å². The summed E-state index contributed by atoms with van der Waals surface area (Å²) in [5.74, 6) is -0.315. The van der Waals surface area contributed by atoms with Crippen LogP contribution < -0.4 is 5.73 Å². The summed E-state index contributed by atoms with van der Waals surface area (Å²) in [5, 5.41) is 2.02. The average Bonchev–Trinajstić information content (AvgIpc) is 2.96. The topological polar surface area (TPSA) is 52.3 Å². The Balaban J connectivity index is 2.17. The third-order valence-electron chi connectivity index (χ3n) is 2.21. The standard InChI is InChI=1S/C13H13NO2S2/c1-2-16-13(15)12-8-10(14)11(18-12)6-5-9-4-3-7-17-9/h3-8H,2,14H2,1H3/b6-5+. The van der Waals surface area contributed by atoms with Gasteiger partial charge in [0.15, 0.2) is 0 Å². The first-order chi connectivity index (χ1) is 8.70. The van der Waals surface area contributed by atoms with Crippen LogP contribution in [0.1, 0.15) is 26.3 Å². The number of thiophene rings is 2. The number of nitrogens with two attached hydrogens (primary N) is 1. The molecule has 2 aromatic heterocycles. The van der Waals surface area contributed by atoms with Gasteiger partial charge in [0.2, 0.25) is 0 Å². The number of ether oxygens (including phenoxy) is 1. The lowest BCUT2D eigenvalue weighted by atomic mass is 10.3. The van der Waals surface area contributed by atoms with Crippen LogP contribution in [0.5, 0.6) is 0 Å². The fraction of sp³-hybridized carbons (Fsp3) is 0.154. The minimum absolute atomic E-state index is 0.315. The second kappa shape index (κ2) is 5.84. The van der Waals surface area contributed by atoms with Gasteiger partial charge in [0.25, 0.3) is 0 Å². The molecule has 0 aliphatic rings. The fourth-order valence-corrected chi connectivity index (χ4v) is 2.89. The van der Waals surface area contributed by atoms with Crippen molar-refractivity contribution in [1.29, 1.82) is 0 Å². The molecule has 0 aliphatic heterocycles. The maximum absolute atomic E-state index is 11.6. The Kier molecular flexibility index (Phi) is 4.17. The van der Waals surface area contributed by atoms with Crippen LogP contribution in [0.25, 0.3) is 12.2 Å².